The Morgan fingerprint density at radius 2 is 1.71 bits per heavy atom. The molecule has 0 unspecified atom stereocenters. The fourth-order valence-electron chi connectivity index (χ4n) is 3.31. The molecule has 1 saturated carbocycles. The second-order valence-electron chi connectivity index (χ2n) is 6.67. The van der Waals surface area contributed by atoms with E-state index in [0.29, 0.717) is 23.6 Å². The first-order chi connectivity index (χ1) is 13.1. The number of rotatable bonds is 3. The molecule has 0 aliphatic heterocycles. The van der Waals surface area contributed by atoms with Crippen LogP contribution in [0.25, 0.3) is 5.69 Å². The third kappa shape index (κ3) is 4.31. The van der Waals surface area contributed by atoms with E-state index in [0.717, 1.165) is 43.7 Å². The Kier molecular flexibility index (Phi) is 5.40. The van der Waals surface area contributed by atoms with Crippen LogP contribution in [0.15, 0.2) is 30.5 Å². The summed E-state index contributed by atoms with van der Waals surface area (Å²) < 4.78 is 79.9. The van der Waals surface area contributed by atoms with Crippen LogP contribution in [0.1, 0.15) is 53.7 Å². The van der Waals surface area contributed by atoms with E-state index in [-0.39, 0.29) is 6.04 Å². The van der Waals surface area contributed by atoms with E-state index in [1.807, 2.05) is 0 Å². The fourth-order valence-corrected chi connectivity index (χ4v) is 3.31. The number of carbonyl (C=O) groups excluding carboxylic acids is 1. The Morgan fingerprint density at radius 3 is 2.32 bits per heavy atom. The Labute approximate surface area is 156 Å². The zero-order valence-electron chi connectivity index (χ0n) is 14.6. The summed E-state index contributed by atoms with van der Waals surface area (Å²) in [6, 6.07) is 3.14. The largest absolute Gasteiger partial charge is 0.434 e. The lowest BCUT2D eigenvalue weighted by Gasteiger charge is -2.23. The predicted molar refractivity (Wildman–Crippen MR) is 87.9 cm³/mol. The van der Waals surface area contributed by atoms with Gasteiger partial charge in [-0.1, -0.05) is 25.3 Å². The first-order valence-corrected chi connectivity index (χ1v) is 8.71. The van der Waals surface area contributed by atoms with Crippen LogP contribution in [0.3, 0.4) is 0 Å². The number of aromatic nitrogens is 2. The highest BCUT2D eigenvalue weighted by molar-refractivity contribution is 5.95. The Hall–Kier alpha value is -2.52. The van der Waals surface area contributed by atoms with Gasteiger partial charge in [0.1, 0.15) is 0 Å². The maximum atomic E-state index is 13.6. The number of hydrogen-bond donors (Lipinski definition) is 1. The van der Waals surface area contributed by atoms with Gasteiger partial charge < -0.3 is 5.32 Å². The van der Waals surface area contributed by atoms with Crippen LogP contribution in [-0.2, 0) is 12.4 Å². The van der Waals surface area contributed by atoms with Gasteiger partial charge in [0.25, 0.3) is 5.91 Å². The number of nitrogens with zero attached hydrogens (tertiary/aromatic N) is 2. The highest BCUT2D eigenvalue weighted by atomic mass is 19.4. The van der Waals surface area contributed by atoms with Gasteiger partial charge in [-0.15, -0.1) is 0 Å². The molecule has 1 heterocycles. The number of carbonyl (C=O) groups is 1. The molecule has 1 aromatic carbocycles. The van der Waals surface area contributed by atoms with Gasteiger partial charge in [-0.2, -0.15) is 31.4 Å². The number of hydrogen-bond acceptors (Lipinski definition) is 2. The van der Waals surface area contributed by atoms with Crippen molar-refractivity contribution in [1.82, 2.24) is 15.1 Å². The third-order valence-electron chi connectivity index (χ3n) is 4.64. The van der Waals surface area contributed by atoms with E-state index in [1.54, 1.807) is 0 Å². The van der Waals surface area contributed by atoms with Gasteiger partial charge in [0.15, 0.2) is 5.69 Å². The zero-order valence-corrected chi connectivity index (χ0v) is 14.6. The minimum Gasteiger partial charge on any atom is -0.349 e. The molecular formula is C18H17F6N3O. The van der Waals surface area contributed by atoms with E-state index in [9.17, 15) is 31.1 Å². The molecule has 0 bridgehead atoms. The van der Waals surface area contributed by atoms with Gasteiger partial charge in [-0.25, -0.2) is 4.68 Å². The summed E-state index contributed by atoms with van der Waals surface area (Å²) >= 11 is 0. The van der Waals surface area contributed by atoms with Crippen molar-refractivity contribution in [1.29, 1.82) is 0 Å². The maximum absolute atomic E-state index is 13.6. The molecule has 1 N–H and O–H groups in total. The summed E-state index contributed by atoms with van der Waals surface area (Å²) in [7, 11) is 0. The molecule has 1 amide bonds. The SMILES string of the molecule is O=C(NC1CCCCC1)c1cnn(-c2cccc(C(F)(F)F)c2)c1C(F)(F)F. The molecule has 1 aliphatic carbocycles. The molecule has 2 aromatic rings. The second kappa shape index (κ2) is 7.48. The van der Waals surface area contributed by atoms with E-state index in [1.165, 1.54) is 0 Å². The van der Waals surface area contributed by atoms with Crippen LogP contribution in [0.2, 0.25) is 0 Å². The summed E-state index contributed by atoms with van der Waals surface area (Å²) in [4.78, 5) is 12.4. The summed E-state index contributed by atoms with van der Waals surface area (Å²) in [6.45, 7) is 0. The van der Waals surface area contributed by atoms with Crippen LogP contribution in [0, 0.1) is 0 Å². The Morgan fingerprint density at radius 1 is 1.04 bits per heavy atom. The minimum absolute atomic E-state index is 0.223. The van der Waals surface area contributed by atoms with Gasteiger partial charge >= 0.3 is 12.4 Å². The quantitative estimate of drug-likeness (QED) is 0.733. The van der Waals surface area contributed by atoms with Gasteiger partial charge in [0, 0.05) is 6.04 Å². The number of halogens is 6. The number of alkyl halides is 6. The highest BCUT2D eigenvalue weighted by Crippen LogP contribution is 2.35. The Bertz CT molecular complexity index is 850. The lowest BCUT2D eigenvalue weighted by Crippen LogP contribution is -2.37. The summed E-state index contributed by atoms with van der Waals surface area (Å²) in [6.07, 6.45) is -4.85. The monoisotopic (exact) mass is 405 g/mol. The molecular weight excluding hydrogens is 388 g/mol. The van der Waals surface area contributed by atoms with E-state index < -0.39 is 40.8 Å². The molecule has 1 aliphatic rings. The van der Waals surface area contributed by atoms with Crippen molar-refractivity contribution in [3.05, 3.63) is 47.3 Å². The van der Waals surface area contributed by atoms with Crippen molar-refractivity contribution < 1.29 is 31.1 Å². The third-order valence-corrected chi connectivity index (χ3v) is 4.64. The van der Waals surface area contributed by atoms with Gasteiger partial charge in [-0.3, -0.25) is 4.79 Å². The second-order valence-corrected chi connectivity index (χ2v) is 6.67. The summed E-state index contributed by atoms with van der Waals surface area (Å²) in [5, 5.41) is 6.13. The van der Waals surface area contributed by atoms with Crippen LogP contribution in [0.5, 0.6) is 0 Å². The number of nitrogens with one attached hydrogen (secondary N) is 1. The molecule has 0 spiro atoms. The number of benzene rings is 1. The molecule has 28 heavy (non-hydrogen) atoms. The topological polar surface area (TPSA) is 46.9 Å². The first-order valence-electron chi connectivity index (χ1n) is 8.71. The normalized spacial score (nSPS) is 16.2. The van der Waals surface area contributed by atoms with Gasteiger partial charge in [0.05, 0.1) is 23.0 Å². The average Bonchev–Trinajstić information content (AvgIpc) is 3.08. The molecule has 1 aromatic heterocycles. The summed E-state index contributed by atoms with van der Waals surface area (Å²) in [5.74, 6) is -0.933. The Balaban J connectivity index is 1.99. The maximum Gasteiger partial charge on any atom is 0.434 e. The molecule has 4 nitrogen and oxygen atoms in total. The molecule has 0 radical (unpaired) electrons. The highest BCUT2D eigenvalue weighted by Gasteiger charge is 2.41. The fraction of sp³-hybridized carbons (Fsp3) is 0.444. The van der Waals surface area contributed by atoms with Crippen molar-refractivity contribution in [2.75, 3.05) is 0 Å². The van der Waals surface area contributed by atoms with Crippen LogP contribution < -0.4 is 5.32 Å². The lowest BCUT2D eigenvalue weighted by molar-refractivity contribution is -0.143. The smallest absolute Gasteiger partial charge is 0.349 e. The molecule has 1 fully saturated rings. The van der Waals surface area contributed by atoms with Crippen LogP contribution in [0.4, 0.5) is 26.3 Å². The minimum atomic E-state index is -4.98. The van der Waals surface area contributed by atoms with Crippen molar-refractivity contribution in [3.8, 4) is 5.69 Å². The first kappa shape index (κ1) is 20.2. The molecule has 3 rings (SSSR count). The standard InChI is InChI=1S/C18H17F6N3O/c19-17(20,21)11-5-4-8-13(9-11)27-15(18(22,23)24)14(10-25-27)16(28)26-12-6-2-1-3-7-12/h4-5,8-10,12H,1-3,6-7H2,(H,26,28). The van der Waals surface area contributed by atoms with Crippen molar-refractivity contribution >= 4 is 5.91 Å². The number of amides is 1. The molecule has 0 atom stereocenters. The van der Waals surface area contributed by atoms with E-state index in [4.69, 9.17) is 0 Å². The lowest BCUT2D eigenvalue weighted by atomic mass is 9.95. The molecule has 152 valence electrons. The van der Waals surface area contributed by atoms with Crippen LogP contribution in [-0.4, -0.2) is 21.7 Å². The summed E-state index contributed by atoms with van der Waals surface area (Å²) in [5.41, 5.74) is -3.66. The van der Waals surface area contributed by atoms with Crippen molar-refractivity contribution in [2.45, 2.75) is 50.5 Å². The van der Waals surface area contributed by atoms with Crippen molar-refractivity contribution in [3.63, 3.8) is 0 Å². The van der Waals surface area contributed by atoms with Gasteiger partial charge in [0.2, 0.25) is 0 Å². The zero-order chi connectivity index (χ0) is 20.5. The van der Waals surface area contributed by atoms with Crippen LogP contribution >= 0.6 is 0 Å². The van der Waals surface area contributed by atoms with E-state index in [2.05, 4.69) is 10.4 Å². The average molecular weight is 405 g/mol. The molecule has 0 saturated heterocycles. The predicted octanol–water partition coefficient (Wildman–Crippen LogP) is 4.97. The molecule has 10 heteroatoms. The van der Waals surface area contributed by atoms with Gasteiger partial charge in [-0.05, 0) is 31.0 Å². The van der Waals surface area contributed by atoms with Crippen molar-refractivity contribution in [2.24, 2.45) is 0 Å². The van der Waals surface area contributed by atoms with E-state index >= 15 is 0 Å².